The maximum Gasteiger partial charge on any atom is 0.340 e. The Morgan fingerprint density at radius 3 is 2.43 bits per heavy atom. The quantitative estimate of drug-likeness (QED) is 0.833. The summed E-state index contributed by atoms with van der Waals surface area (Å²) in [7, 11) is -3.81. The molecule has 0 aliphatic rings. The van der Waals surface area contributed by atoms with Crippen molar-refractivity contribution in [3.05, 3.63) is 58.6 Å². The van der Waals surface area contributed by atoms with Crippen LogP contribution in [0.4, 0.5) is 5.69 Å². The number of halogens is 1. The molecule has 7 heteroatoms. The van der Waals surface area contributed by atoms with Crippen LogP contribution in [0.3, 0.4) is 0 Å². The van der Waals surface area contributed by atoms with Gasteiger partial charge in [0.25, 0.3) is 10.0 Å². The first-order valence-corrected chi connectivity index (χ1v) is 8.76. The molecular formula is C16H16ClNO4S. The molecule has 122 valence electrons. The van der Waals surface area contributed by atoms with E-state index in [2.05, 4.69) is 4.72 Å². The molecule has 0 radical (unpaired) electrons. The van der Waals surface area contributed by atoms with E-state index < -0.39 is 16.0 Å². The second-order valence-corrected chi connectivity index (χ2v) is 6.95. The van der Waals surface area contributed by atoms with Crippen molar-refractivity contribution in [3.8, 4) is 0 Å². The average molecular weight is 354 g/mol. The maximum absolute atomic E-state index is 12.4. The second-order valence-electron chi connectivity index (χ2n) is 4.83. The van der Waals surface area contributed by atoms with Gasteiger partial charge in [0.15, 0.2) is 0 Å². The number of hydrogen-bond donors (Lipinski definition) is 1. The zero-order valence-electron chi connectivity index (χ0n) is 12.7. The van der Waals surface area contributed by atoms with Gasteiger partial charge in [-0.1, -0.05) is 29.3 Å². The van der Waals surface area contributed by atoms with Gasteiger partial charge in [0.05, 0.1) is 22.8 Å². The number of rotatable bonds is 5. The van der Waals surface area contributed by atoms with Crippen LogP contribution in [0.1, 0.15) is 22.8 Å². The van der Waals surface area contributed by atoms with Crippen LogP contribution in [0.15, 0.2) is 47.4 Å². The van der Waals surface area contributed by atoms with Gasteiger partial charge in [-0.05, 0) is 44.2 Å². The summed E-state index contributed by atoms with van der Waals surface area (Å²) in [5.74, 6) is -0.642. The molecule has 0 bridgehead atoms. The van der Waals surface area contributed by atoms with E-state index in [1.807, 2.05) is 6.92 Å². The molecule has 0 atom stereocenters. The predicted molar refractivity (Wildman–Crippen MR) is 89.4 cm³/mol. The first-order chi connectivity index (χ1) is 10.8. The number of carbonyl (C=O) groups is 1. The Bertz CT molecular complexity index is 816. The van der Waals surface area contributed by atoms with E-state index in [1.165, 1.54) is 30.3 Å². The number of sulfonamides is 1. The Labute approximate surface area is 140 Å². The minimum atomic E-state index is -3.81. The molecule has 5 nitrogen and oxygen atoms in total. The lowest BCUT2D eigenvalue weighted by Gasteiger charge is -2.12. The third-order valence-electron chi connectivity index (χ3n) is 3.05. The van der Waals surface area contributed by atoms with Crippen LogP contribution in [0.5, 0.6) is 0 Å². The highest BCUT2D eigenvalue weighted by Gasteiger charge is 2.19. The number of anilines is 1. The smallest absolute Gasteiger partial charge is 0.340 e. The fourth-order valence-corrected chi connectivity index (χ4v) is 3.16. The number of aryl methyl sites for hydroxylation is 1. The van der Waals surface area contributed by atoms with Crippen LogP contribution in [-0.2, 0) is 14.8 Å². The highest BCUT2D eigenvalue weighted by atomic mass is 35.5. The van der Waals surface area contributed by atoms with Crippen molar-refractivity contribution in [1.29, 1.82) is 0 Å². The van der Waals surface area contributed by atoms with Gasteiger partial charge in [-0.15, -0.1) is 0 Å². The second kappa shape index (κ2) is 7.02. The van der Waals surface area contributed by atoms with E-state index >= 15 is 0 Å². The zero-order chi connectivity index (χ0) is 17.0. The van der Waals surface area contributed by atoms with Crippen LogP contribution in [0, 0.1) is 6.92 Å². The third-order valence-corrected chi connectivity index (χ3v) is 4.67. The molecule has 0 spiro atoms. The van der Waals surface area contributed by atoms with Crippen LogP contribution in [-0.4, -0.2) is 21.0 Å². The number of ether oxygens (including phenoxy) is 1. The fraction of sp³-hybridized carbons (Fsp3) is 0.188. The molecule has 0 aliphatic carbocycles. The molecule has 2 aromatic carbocycles. The van der Waals surface area contributed by atoms with Gasteiger partial charge < -0.3 is 4.74 Å². The van der Waals surface area contributed by atoms with Gasteiger partial charge in [0.2, 0.25) is 0 Å². The average Bonchev–Trinajstić information content (AvgIpc) is 2.49. The Morgan fingerprint density at radius 2 is 1.83 bits per heavy atom. The molecule has 1 N–H and O–H groups in total. The number of nitrogens with one attached hydrogen (secondary N) is 1. The number of carbonyl (C=O) groups excluding carboxylic acids is 1. The molecular weight excluding hydrogens is 338 g/mol. The first kappa shape index (κ1) is 17.3. The molecule has 0 aromatic heterocycles. The summed E-state index contributed by atoms with van der Waals surface area (Å²) >= 11 is 5.88. The predicted octanol–water partition coefficient (Wildman–Crippen LogP) is 3.63. The molecule has 0 amide bonds. The Morgan fingerprint density at radius 1 is 1.17 bits per heavy atom. The molecule has 0 fully saturated rings. The number of benzene rings is 2. The van der Waals surface area contributed by atoms with E-state index in [0.717, 1.165) is 5.56 Å². The number of esters is 1. The van der Waals surface area contributed by atoms with Gasteiger partial charge in [0, 0.05) is 5.02 Å². The summed E-state index contributed by atoms with van der Waals surface area (Å²) in [6.07, 6.45) is 0. The maximum atomic E-state index is 12.4. The topological polar surface area (TPSA) is 72.5 Å². The van der Waals surface area contributed by atoms with Crippen molar-refractivity contribution < 1.29 is 17.9 Å². The highest BCUT2D eigenvalue weighted by Crippen LogP contribution is 2.24. The molecule has 0 saturated heterocycles. The normalized spacial score (nSPS) is 11.1. The van der Waals surface area contributed by atoms with E-state index in [0.29, 0.717) is 5.02 Å². The van der Waals surface area contributed by atoms with Crippen molar-refractivity contribution in [3.63, 3.8) is 0 Å². The van der Waals surface area contributed by atoms with E-state index in [4.69, 9.17) is 16.3 Å². The van der Waals surface area contributed by atoms with E-state index in [-0.39, 0.29) is 22.8 Å². The van der Waals surface area contributed by atoms with E-state index in [9.17, 15) is 13.2 Å². The molecule has 0 aliphatic heterocycles. The zero-order valence-corrected chi connectivity index (χ0v) is 14.2. The molecule has 0 unspecified atom stereocenters. The lowest BCUT2D eigenvalue weighted by molar-refractivity contribution is 0.0527. The standard InChI is InChI=1S/C16H16ClNO4S/c1-3-22-16(19)14-10-12(17)6-9-15(14)18-23(20,21)13-7-4-11(2)5-8-13/h4-10,18H,3H2,1-2H3. The number of hydrogen-bond acceptors (Lipinski definition) is 4. The summed E-state index contributed by atoms with van der Waals surface area (Å²) in [4.78, 5) is 12.1. The van der Waals surface area contributed by atoms with Gasteiger partial charge >= 0.3 is 5.97 Å². The summed E-state index contributed by atoms with van der Waals surface area (Å²) in [5.41, 5.74) is 1.13. The van der Waals surface area contributed by atoms with Crippen LogP contribution in [0.2, 0.25) is 5.02 Å². The van der Waals surface area contributed by atoms with E-state index in [1.54, 1.807) is 19.1 Å². The summed E-state index contributed by atoms with van der Waals surface area (Å²) in [6.45, 7) is 3.70. The monoisotopic (exact) mass is 353 g/mol. The van der Waals surface area contributed by atoms with Crippen LogP contribution in [0.25, 0.3) is 0 Å². The highest BCUT2D eigenvalue weighted by molar-refractivity contribution is 7.92. The van der Waals surface area contributed by atoms with Crippen LogP contribution >= 0.6 is 11.6 Å². The Kier molecular flexibility index (Phi) is 5.28. The van der Waals surface area contributed by atoms with Crippen LogP contribution < -0.4 is 4.72 Å². The minimum absolute atomic E-state index is 0.0648. The van der Waals surface area contributed by atoms with Crippen molar-refractivity contribution in [2.24, 2.45) is 0 Å². The van der Waals surface area contributed by atoms with Crippen molar-refractivity contribution in [1.82, 2.24) is 0 Å². The van der Waals surface area contributed by atoms with Gasteiger partial charge in [-0.25, -0.2) is 13.2 Å². The lowest BCUT2D eigenvalue weighted by atomic mass is 10.2. The first-order valence-electron chi connectivity index (χ1n) is 6.89. The van der Waals surface area contributed by atoms with Gasteiger partial charge in [-0.3, -0.25) is 4.72 Å². The SMILES string of the molecule is CCOC(=O)c1cc(Cl)ccc1NS(=O)(=O)c1ccc(C)cc1. The van der Waals surface area contributed by atoms with Gasteiger partial charge in [0.1, 0.15) is 0 Å². The Balaban J connectivity index is 2.39. The summed E-state index contributed by atoms with van der Waals surface area (Å²) in [5, 5.41) is 0.311. The van der Waals surface area contributed by atoms with Gasteiger partial charge in [-0.2, -0.15) is 0 Å². The minimum Gasteiger partial charge on any atom is -0.462 e. The molecule has 0 saturated carbocycles. The summed E-state index contributed by atoms with van der Waals surface area (Å²) < 4.78 is 32.2. The largest absolute Gasteiger partial charge is 0.462 e. The van der Waals surface area contributed by atoms with Crippen molar-refractivity contribution >= 4 is 33.3 Å². The molecule has 2 aromatic rings. The lowest BCUT2D eigenvalue weighted by Crippen LogP contribution is -2.16. The molecule has 0 heterocycles. The Hall–Kier alpha value is -2.05. The fourth-order valence-electron chi connectivity index (χ4n) is 1.90. The third kappa shape index (κ3) is 4.24. The van der Waals surface area contributed by atoms with Crippen molar-refractivity contribution in [2.75, 3.05) is 11.3 Å². The molecule has 2 rings (SSSR count). The van der Waals surface area contributed by atoms with Crippen molar-refractivity contribution in [2.45, 2.75) is 18.7 Å². The molecule has 23 heavy (non-hydrogen) atoms. The summed E-state index contributed by atoms with van der Waals surface area (Å²) in [6, 6.07) is 10.7.